The molecule has 1 fully saturated rings. The van der Waals surface area contributed by atoms with Crippen molar-refractivity contribution < 1.29 is 4.74 Å². The van der Waals surface area contributed by atoms with Crippen molar-refractivity contribution in [3.8, 4) is 22.6 Å². The fraction of sp³-hybridized carbons (Fsp3) is 0.308. The highest BCUT2D eigenvalue weighted by Crippen LogP contribution is 2.40. The van der Waals surface area contributed by atoms with E-state index in [4.69, 9.17) is 38.8 Å². The van der Waals surface area contributed by atoms with Gasteiger partial charge in [0.25, 0.3) is 5.56 Å². The van der Waals surface area contributed by atoms with Crippen molar-refractivity contribution in [2.45, 2.75) is 45.1 Å². The van der Waals surface area contributed by atoms with Crippen LogP contribution in [-0.2, 0) is 4.74 Å². The lowest BCUT2D eigenvalue weighted by atomic mass is 9.95. The number of rotatable bonds is 2. The average molecular weight is 526 g/mol. The summed E-state index contributed by atoms with van der Waals surface area (Å²) in [5.41, 5.74) is 12.8. The van der Waals surface area contributed by atoms with Crippen molar-refractivity contribution in [2.24, 2.45) is 0 Å². The maximum absolute atomic E-state index is 13.0. The van der Waals surface area contributed by atoms with Gasteiger partial charge in [-0.1, -0.05) is 54.8 Å². The number of nitrogens with two attached hydrogens (primary N) is 1. The number of aromatic nitrogens is 3. The van der Waals surface area contributed by atoms with E-state index in [1.807, 2.05) is 23.0 Å². The number of anilines is 1. The highest BCUT2D eigenvalue weighted by Gasteiger charge is 2.22. The van der Waals surface area contributed by atoms with Crippen LogP contribution in [0.25, 0.3) is 32.9 Å². The standard InChI is InChI=1S/C26H26Cl2N4O2Si/c1-35(2,3)11-9-15-12-16(27)13-18-22(23(29)26(33)30-24(15)18)17-7-8-20(28)25-19(17)14-32(31-25)21-6-4-5-10-34-21/h7-8,12-14,21H,4-6,10,29H2,1-3H3,(H,30,33). The van der Waals surface area contributed by atoms with Gasteiger partial charge in [0.15, 0.2) is 0 Å². The van der Waals surface area contributed by atoms with E-state index in [0.717, 1.165) is 35.6 Å². The molecule has 0 spiro atoms. The number of fused-ring (bicyclic) bond motifs is 2. The number of pyridine rings is 1. The van der Waals surface area contributed by atoms with Gasteiger partial charge in [0.05, 0.1) is 10.5 Å². The molecule has 180 valence electrons. The monoisotopic (exact) mass is 524 g/mol. The number of nitrogens with one attached hydrogen (secondary N) is 1. The number of ether oxygens (including phenoxy) is 1. The Hall–Kier alpha value is -2.76. The first kappa shape index (κ1) is 24.0. The summed E-state index contributed by atoms with van der Waals surface area (Å²) >= 11 is 13.1. The summed E-state index contributed by atoms with van der Waals surface area (Å²) in [6.45, 7) is 7.19. The second kappa shape index (κ2) is 9.03. The minimum atomic E-state index is -1.66. The van der Waals surface area contributed by atoms with E-state index >= 15 is 0 Å². The van der Waals surface area contributed by atoms with Gasteiger partial charge in [0.2, 0.25) is 0 Å². The zero-order chi connectivity index (χ0) is 24.9. The van der Waals surface area contributed by atoms with Crippen molar-refractivity contribution in [1.29, 1.82) is 0 Å². The molecule has 0 saturated carbocycles. The summed E-state index contributed by atoms with van der Waals surface area (Å²) < 4.78 is 7.75. The second-order valence-electron chi connectivity index (χ2n) is 9.91. The van der Waals surface area contributed by atoms with E-state index in [2.05, 4.69) is 36.1 Å². The second-order valence-corrected chi connectivity index (χ2v) is 15.5. The van der Waals surface area contributed by atoms with Gasteiger partial charge in [0.1, 0.15) is 25.5 Å². The average Bonchev–Trinajstić information content (AvgIpc) is 3.27. The maximum atomic E-state index is 13.0. The van der Waals surface area contributed by atoms with Crippen molar-refractivity contribution in [3.63, 3.8) is 0 Å². The van der Waals surface area contributed by atoms with Crippen LogP contribution < -0.4 is 11.3 Å². The number of nitrogen functional groups attached to an aromatic ring is 1. The highest BCUT2D eigenvalue weighted by molar-refractivity contribution is 6.83. The minimum absolute atomic E-state index is 0.106. The SMILES string of the molecule is C[Si](C)(C)C#Cc1cc(Cl)cc2c(-c3ccc(Cl)c4nn(C5CCCCO5)cc34)c(N)c(=O)[nH]c12. The smallest absolute Gasteiger partial charge is 0.272 e. The summed E-state index contributed by atoms with van der Waals surface area (Å²) in [5, 5.41) is 7.28. The molecule has 35 heavy (non-hydrogen) atoms. The first-order valence-corrected chi connectivity index (χ1v) is 15.9. The van der Waals surface area contributed by atoms with E-state index in [9.17, 15) is 4.79 Å². The maximum Gasteiger partial charge on any atom is 0.272 e. The topological polar surface area (TPSA) is 85.9 Å². The molecule has 1 aliphatic rings. The molecule has 0 aliphatic carbocycles. The predicted molar refractivity (Wildman–Crippen MR) is 147 cm³/mol. The molecule has 2 aromatic carbocycles. The quantitative estimate of drug-likeness (QED) is 0.236. The summed E-state index contributed by atoms with van der Waals surface area (Å²) in [6.07, 6.45) is 4.78. The summed E-state index contributed by atoms with van der Waals surface area (Å²) in [4.78, 5) is 15.9. The Morgan fingerprint density at radius 3 is 2.71 bits per heavy atom. The highest BCUT2D eigenvalue weighted by atomic mass is 35.5. The molecule has 1 aliphatic heterocycles. The van der Waals surface area contributed by atoms with Gasteiger partial charge in [-0.25, -0.2) is 4.68 Å². The van der Waals surface area contributed by atoms with Gasteiger partial charge in [-0.05, 0) is 43.0 Å². The Kier molecular flexibility index (Phi) is 6.18. The fourth-order valence-corrected chi connectivity index (χ4v) is 5.34. The Labute approximate surface area is 214 Å². The Morgan fingerprint density at radius 1 is 1.20 bits per heavy atom. The van der Waals surface area contributed by atoms with Crippen LogP contribution in [0.4, 0.5) is 5.69 Å². The fourth-order valence-electron chi connectivity index (χ4n) is 4.41. The van der Waals surface area contributed by atoms with E-state index in [-0.39, 0.29) is 17.5 Å². The molecule has 2 aromatic heterocycles. The molecule has 6 nitrogen and oxygen atoms in total. The number of aromatic amines is 1. The zero-order valence-electron chi connectivity index (χ0n) is 19.8. The van der Waals surface area contributed by atoms with Crippen LogP contribution >= 0.6 is 23.2 Å². The molecule has 1 saturated heterocycles. The van der Waals surface area contributed by atoms with Gasteiger partial charge in [-0.2, -0.15) is 5.10 Å². The normalized spacial score (nSPS) is 16.4. The molecule has 0 amide bonds. The Morgan fingerprint density at radius 2 is 2.00 bits per heavy atom. The van der Waals surface area contributed by atoms with Crippen LogP contribution in [0, 0.1) is 11.5 Å². The summed E-state index contributed by atoms with van der Waals surface area (Å²) in [5.74, 6) is 3.25. The number of benzene rings is 2. The molecule has 5 rings (SSSR count). The molecule has 4 aromatic rings. The number of hydrogen-bond donors (Lipinski definition) is 2. The lowest BCUT2D eigenvalue weighted by molar-refractivity contribution is -0.0390. The summed E-state index contributed by atoms with van der Waals surface area (Å²) in [7, 11) is -1.66. The van der Waals surface area contributed by atoms with Crippen molar-refractivity contribution in [2.75, 3.05) is 12.3 Å². The number of halogens is 2. The minimum Gasteiger partial charge on any atom is -0.394 e. The van der Waals surface area contributed by atoms with Gasteiger partial charge in [0, 0.05) is 39.7 Å². The first-order chi connectivity index (χ1) is 16.6. The number of H-pyrrole nitrogens is 1. The molecule has 1 unspecified atom stereocenters. The third-order valence-electron chi connectivity index (χ3n) is 6.06. The van der Waals surface area contributed by atoms with Crippen molar-refractivity contribution in [3.05, 3.63) is 56.4 Å². The van der Waals surface area contributed by atoms with Crippen LogP contribution in [0.3, 0.4) is 0 Å². The third kappa shape index (κ3) is 4.59. The molecular weight excluding hydrogens is 499 g/mol. The Balaban J connectivity index is 1.80. The lowest BCUT2D eigenvalue weighted by Gasteiger charge is -2.22. The van der Waals surface area contributed by atoms with Crippen molar-refractivity contribution in [1.82, 2.24) is 14.8 Å². The molecule has 0 bridgehead atoms. The van der Waals surface area contributed by atoms with Gasteiger partial charge < -0.3 is 15.5 Å². The van der Waals surface area contributed by atoms with E-state index in [1.165, 1.54) is 0 Å². The van der Waals surface area contributed by atoms with Crippen molar-refractivity contribution >= 4 is 58.8 Å². The van der Waals surface area contributed by atoms with Gasteiger partial charge in [-0.3, -0.25) is 4.79 Å². The largest absolute Gasteiger partial charge is 0.394 e. The zero-order valence-corrected chi connectivity index (χ0v) is 22.3. The molecule has 3 N–H and O–H groups in total. The molecule has 1 atom stereocenters. The lowest BCUT2D eigenvalue weighted by Crippen LogP contribution is -2.18. The van der Waals surface area contributed by atoms with Crippen LogP contribution in [0.1, 0.15) is 31.1 Å². The van der Waals surface area contributed by atoms with E-state index in [1.54, 1.807) is 12.1 Å². The number of nitrogens with zero attached hydrogens (tertiary/aromatic N) is 2. The van der Waals surface area contributed by atoms with Gasteiger partial charge in [-0.15, -0.1) is 5.54 Å². The Bertz CT molecular complexity index is 1590. The molecular formula is C26H26Cl2N4O2Si. The van der Waals surface area contributed by atoms with Crippen LogP contribution in [-0.4, -0.2) is 29.4 Å². The van der Waals surface area contributed by atoms with Crippen LogP contribution in [0.2, 0.25) is 29.7 Å². The van der Waals surface area contributed by atoms with Gasteiger partial charge >= 0.3 is 0 Å². The van der Waals surface area contributed by atoms with Crippen LogP contribution in [0.15, 0.2) is 35.3 Å². The predicted octanol–water partition coefficient (Wildman–Crippen LogP) is 6.36. The molecule has 9 heteroatoms. The van der Waals surface area contributed by atoms with Crippen LogP contribution in [0.5, 0.6) is 0 Å². The number of hydrogen-bond acceptors (Lipinski definition) is 4. The first-order valence-electron chi connectivity index (χ1n) is 11.6. The molecule has 0 radical (unpaired) electrons. The van der Waals surface area contributed by atoms with E-state index < -0.39 is 8.07 Å². The third-order valence-corrected chi connectivity index (χ3v) is 7.46. The summed E-state index contributed by atoms with van der Waals surface area (Å²) in [6, 6.07) is 7.24. The molecule has 3 heterocycles. The van der Waals surface area contributed by atoms with E-state index in [0.29, 0.717) is 38.8 Å².